The van der Waals surface area contributed by atoms with Crippen LogP contribution < -0.4 is 15.1 Å². The van der Waals surface area contributed by atoms with E-state index in [0.717, 1.165) is 18.8 Å². The highest BCUT2D eigenvalue weighted by Crippen LogP contribution is 2.22. The number of hydrogen-bond donors (Lipinski definition) is 1. The summed E-state index contributed by atoms with van der Waals surface area (Å²) in [5.41, 5.74) is 2.50. The smallest absolute Gasteiger partial charge is 0.244 e. The maximum absolute atomic E-state index is 12.4. The molecule has 142 valence electrons. The molecule has 5 nitrogen and oxygen atoms in total. The van der Waals surface area contributed by atoms with E-state index in [0.29, 0.717) is 10.7 Å². The molecule has 0 radical (unpaired) electrons. The van der Waals surface area contributed by atoms with E-state index >= 15 is 0 Å². The Bertz CT molecular complexity index is 801. The zero-order chi connectivity index (χ0) is 19.2. The minimum Gasteiger partial charge on any atom is -0.372 e. The molecule has 1 fully saturated rings. The highest BCUT2D eigenvalue weighted by molar-refractivity contribution is 6.31. The summed E-state index contributed by atoms with van der Waals surface area (Å²) in [6, 6.07) is 14.8. The van der Waals surface area contributed by atoms with Crippen molar-refractivity contribution in [1.82, 2.24) is 0 Å². The number of carbonyl (C=O) groups is 2. The van der Waals surface area contributed by atoms with Crippen LogP contribution in [-0.4, -0.2) is 31.4 Å². The fraction of sp³-hybridized carbons (Fsp3) is 0.333. The Morgan fingerprint density at radius 1 is 1.07 bits per heavy atom. The van der Waals surface area contributed by atoms with Crippen molar-refractivity contribution in [2.24, 2.45) is 0 Å². The quantitative estimate of drug-likeness (QED) is 0.833. The number of anilines is 3. The van der Waals surface area contributed by atoms with Gasteiger partial charge < -0.3 is 15.1 Å². The first-order chi connectivity index (χ1) is 13.0. The molecule has 2 aromatic carbocycles. The molecule has 2 aromatic rings. The number of piperidine rings is 1. The molecule has 3 rings (SSSR count). The molecule has 1 N–H and O–H groups in total. The third-order valence-corrected chi connectivity index (χ3v) is 4.91. The van der Waals surface area contributed by atoms with Crippen LogP contribution in [0.2, 0.25) is 5.02 Å². The number of nitrogens with zero attached hydrogens (tertiary/aromatic N) is 2. The van der Waals surface area contributed by atoms with Crippen LogP contribution in [0.15, 0.2) is 48.5 Å². The first-order valence-corrected chi connectivity index (χ1v) is 9.59. The van der Waals surface area contributed by atoms with Crippen LogP contribution in [0.4, 0.5) is 17.1 Å². The van der Waals surface area contributed by atoms with Crippen LogP contribution in [0.5, 0.6) is 0 Å². The summed E-state index contributed by atoms with van der Waals surface area (Å²) < 4.78 is 0. The van der Waals surface area contributed by atoms with Crippen molar-refractivity contribution in [2.75, 3.05) is 34.8 Å². The Morgan fingerprint density at radius 2 is 1.78 bits per heavy atom. The normalized spacial score (nSPS) is 13.9. The fourth-order valence-corrected chi connectivity index (χ4v) is 3.46. The standard InChI is InChI=1S/C21H24ClN3O2/c1-16(26)25(20-7-5-6-17(22)14-20)15-21(27)23-18-8-10-19(11-9-18)24-12-3-2-4-13-24/h5-11,14H,2-4,12-13,15H2,1H3,(H,23,27). The molecular formula is C21H24ClN3O2. The summed E-state index contributed by atoms with van der Waals surface area (Å²) in [4.78, 5) is 28.2. The molecule has 27 heavy (non-hydrogen) atoms. The predicted octanol–water partition coefficient (Wildman–Crippen LogP) is 4.32. The molecule has 0 aliphatic carbocycles. The molecule has 0 bridgehead atoms. The second-order valence-corrected chi connectivity index (χ2v) is 7.16. The number of benzene rings is 2. The van der Waals surface area contributed by atoms with Gasteiger partial charge in [-0.15, -0.1) is 0 Å². The summed E-state index contributed by atoms with van der Waals surface area (Å²) in [6.45, 7) is 3.53. The second kappa shape index (κ2) is 8.91. The molecule has 1 aliphatic heterocycles. The van der Waals surface area contributed by atoms with Crippen molar-refractivity contribution < 1.29 is 9.59 Å². The van der Waals surface area contributed by atoms with Gasteiger partial charge >= 0.3 is 0 Å². The molecule has 0 atom stereocenters. The van der Waals surface area contributed by atoms with E-state index in [1.165, 1.54) is 36.8 Å². The van der Waals surface area contributed by atoms with Crippen molar-refractivity contribution in [3.05, 3.63) is 53.6 Å². The lowest BCUT2D eigenvalue weighted by Crippen LogP contribution is -2.36. The third-order valence-electron chi connectivity index (χ3n) is 4.67. The molecule has 0 unspecified atom stereocenters. The fourth-order valence-electron chi connectivity index (χ4n) is 3.28. The van der Waals surface area contributed by atoms with Crippen molar-refractivity contribution in [1.29, 1.82) is 0 Å². The lowest BCUT2D eigenvalue weighted by molar-refractivity contribution is -0.120. The average Bonchev–Trinajstić information content (AvgIpc) is 2.67. The van der Waals surface area contributed by atoms with Gasteiger partial charge in [0.25, 0.3) is 0 Å². The first kappa shape index (κ1) is 19.2. The van der Waals surface area contributed by atoms with Gasteiger partial charge in [0.2, 0.25) is 11.8 Å². The third kappa shape index (κ3) is 5.23. The zero-order valence-corrected chi connectivity index (χ0v) is 16.2. The monoisotopic (exact) mass is 385 g/mol. The van der Waals surface area contributed by atoms with Crippen LogP contribution in [0, 0.1) is 0 Å². The highest BCUT2D eigenvalue weighted by atomic mass is 35.5. The summed E-state index contributed by atoms with van der Waals surface area (Å²) in [5, 5.41) is 3.38. The van der Waals surface area contributed by atoms with E-state index in [4.69, 9.17) is 11.6 Å². The van der Waals surface area contributed by atoms with E-state index in [9.17, 15) is 9.59 Å². The lowest BCUT2D eigenvalue weighted by atomic mass is 10.1. The molecule has 0 spiro atoms. The number of nitrogens with one attached hydrogen (secondary N) is 1. The average molecular weight is 386 g/mol. The first-order valence-electron chi connectivity index (χ1n) is 9.21. The van der Waals surface area contributed by atoms with Crippen molar-refractivity contribution in [3.8, 4) is 0 Å². The predicted molar refractivity (Wildman–Crippen MR) is 111 cm³/mol. The SMILES string of the molecule is CC(=O)N(CC(=O)Nc1ccc(N2CCCCC2)cc1)c1cccc(Cl)c1. The molecular weight excluding hydrogens is 362 g/mol. The molecule has 2 amide bonds. The molecule has 1 aliphatic rings. The van der Waals surface area contributed by atoms with Crippen LogP contribution >= 0.6 is 11.6 Å². The van der Waals surface area contributed by atoms with Crippen LogP contribution in [-0.2, 0) is 9.59 Å². The Hall–Kier alpha value is -2.53. The summed E-state index contributed by atoms with van der Waals surface area (Å²) in [7, 11) is 0. The van der Waals surface area contributed by atoms with Crippen LogP contribution in [0.3, 0.4) is 0 Å². The molecule has 1 saturated heterocycles. The van der Waals surface area contributed by atoms with Crippen molar-refractivity contribution >= 4 is 40.5 Å². The second-order valence-electron chi connectivity index (χ2n) is 6.73. The zero-order valence-electron chi connectivity index (χ0n) is 15.5. The van der Waals surface area contributed by atoms with Gasteiger partial charge in [-0.1, -0.05) is 17.7 Å². The lowest BCUT2D eigenvalue weighted by Gasteiger charge is -2.28. The van der Waals surface area contributed by atoms with Crippen molar-refractivity contribution in [2.45, 2.75) is 26.2 Å². The van der Waals surface area contributed by atoms with Crippen molar-refractivity contribution in [3.63, 3.8) is 0 Å². The van der Waals surface area contributed by atoms with Gasteiger partial charge in [0.1, 0.15) is 6.54 Å². The van der Waals surface area contributed by atoms with Gasteiger partial charge in [-0.3, -0.25) is 9.59 Å². The summed E-state index contributed by atoms with van der Waals surface area (Å²) in [6.07, 6.45) is 3.75. The summed E-state index contributed by atoms with van der Waals surface area (Å²) in [5.74, 6) is -0.469. The van der Waals surface area contributed by atoms with E-state index in [-0.39, 0.29) is 18.4 Å². The van der Waals surface area contributed by atoms with Gasteiger partial charge in [0, 0.05) is 42.1 Å². The number of amides is 2. The molecule has 1 heterocycles. The van der Waals surface area contributed by atoms with Gasteiger partial charge in [0.05, 0.1) is 0 Å². The molecule has 6 heteroatoms. The minimum atomic E-state index is -0.254. The maximum atomic E-state index is 12.4. The van der Waals surface area contributed by atoms with E-state index in [2.05, 4.69) is 10.2 Å². The van der Waals surface area contributed by atoms with Crippen LogP contribution in [0.25, 0.3) is 0 Å². The van der Waals surface area contributed by atoms with E-state index < -0.39 is 0 Å². The Kier molecular flexibility index (Phi) is 6.35. The maximum Gasteiger partial charge on any atom is 0.244 e. The number of hydrogen-bond acceptors (Lipinski definition) is 3. The number of rotatable bonds is 5. The van der Waals surface area contributed by atoms with Gasteiger partial charge in [0.15, 0.2) is 0 Å². The Labute approximate surface area is 164 Å². The van der Waals surface area contributed by atoms with Crippen LogP contribution in [0.1, 0.15) is 26.2 Å². The Balaban J connectivity index is 1.62. The van der Waals surface area contributed by atoms with Gasteiger partial charge in [-0.25, -0.2) is 0 Å². The largest absolute Gasteiger partial charge is 0.372 e. The number of carbonyl (C=O) groups excluding carboxylic acids is 2. The number of halogens is 1. The minimum absolute atomic E-state index is 0.0659. The Morgan fingerprint density at radius 3 is 2.41 bits per heavy atom. The van der Waals surface area contributed by atoms with E-state index in [1.54, 1.807) is 24.3 Å². The van der Waals surface area contributed by atoms with E-state index in [1.807, 2.05) is 24.3 Å². The summed E-state index contributed by atoms with van der Waals surface area (Å²) >= 11 is 6.00. The molecule has 0 saturated carbocycles. The highest BCUT2D eigenvalue weighted by Gasteiger charge is 2.16. The topological polar surface area (TPSA) is 52.7 Å². The molecule has 0 aromatic heterocycles. The van der Waals surface area contributed by atoms with Gasteiger partial charge in [-0.2, -0.15) is 0 Å². The van der Waals surface area contributed by atoms with Gasteiger partial charge in [-0.05, 0) is 61.7 Å².